The third kappa shape index (κ3) is 7.42. The largest absolute Gasteiger partial charge is 0.492 e. The van der Waals surface area contributed by atoms with Crippen molar-refractivity contribution in [2.75, 3.05) is 32.5 Å². The number of nitrogens with zero attached hydrogens (tertiary/aromatic N) is 1. The van der Waals surface area contributed by atoms with E-state index in [1.807, 2.05) is 25.1 Å². The van der Waals surface area contributed by atoms with Crippen LogP contribution >= 0.6 is 0 Å². The number of rotatable bonds is 9. The zero-order chi connectivity index (χ0) is 21.3. The SMILES string of the molecule is CCNC(=NCC(C)(C)c1ccccc1)NCCOc1ccc(S(C)(=O)=O)cc1. The highest BCUT2D eigenvalue weighted by molar-refractivity contribution is 7.90. The number of ether oxygens (including phenoxy) is 1. The van der Waals surface area contributed by atoms with E-state index in [-0.39, 0.29) is 10.3 Å². The molecule has 158 valence electrons. The highest BCUT2D eigenvalue weighted by Gasteiger charge is 2.20. The van der Waals surface area contributed by atoms with Gasteiger partial charge in [0, 0.05) is 18.2 Å². The average molecular weight is 418 g/mol. The summed E-state index contributed by atoms with van der Waals surface area (Å²) in [4.78, 5) is 5.00. The number of nitrogens with one attached hydrogen (secondary N) is 2. The van der Waals surface area contributed by atoms with Gasteiger partial charge in [-0.25, -0.2) is 8.42 Å². The molecule has 0 spiro atoms. The van der Waals surface area contributed by atoms with E-state index in [9.17, 15) is 8.42 Å². The van der Waals surface area contributed by atoms with Crippen LogP contribution in [0, 0.1) is 0 Å². The fourth-order valence-corrected chi connectivity index (χ4v) is 3.35. The molecule has 0 unspecified atom stereocenters. The number of guanidine groups is 1. The summed E-state index contributed by atoms with van der Waals surface area (Å²) in [6.07, 6.45) is 1.19. The predicted octanol–water partition coefficient (Wildman–Crippen LogP) is 3.00. The predicted molar refractivity (Wildman–Crippen MR) is 118 cm³/mol. The fraction of sp³-hybridized carbons (Fsp3) is 0.409. The smallest absolute Gasteiger partial charge is 0.191 e. The summed E-state index contributed by atoms with van der Waals surface area (Å²) < 4.78 is 28.7. The van der Waals surface area contributed by atoms with Gasteiger partial charge in [0.15, 0.2) is 15.8 Å². The van der Waals surface area contributed by atoms with Crippen molar-refractivity contribution in [3.8, 4) is 5.75 Å². The molecular weight excluding hydrogens is 386 g/mol. The molecule has 0 fully saturated rings. The molecule has 7 heteroatoms. The van der Waals surface area contributed by atoms with E-state index in [1.165, 1.54) is 11.8 Å². The monoisotopic (exact) mass is 417 g/mol. The van der Waals surface area contributed by atoms with Crippen LogP contribution < -0.4 is 15.4 Å². The molecule has 29 heavy (non-hydrogen) atoms. The second kappa shape index (κ2) is 10.3. The van der Waals surface area contributed by atoms with Crippen molar-refractivity contribution in [1.29, 1.82) is 0 Å². The molecule has 0 saturated heterocycles. The zero-order valence-electron chi connectivity index (χ0n) is 17.6. The molecule has 0 bridgehead atoms. The molecule has 0 amide bonds. The zero-order valence-corrected chi connectivity index (χ0v) is 18.4. The van der Waals surface area contributed by atoms with Crippen LogP contribution in [0.3, 0.4) is 0 Å². The van der Waals surface area contributed by atoms with Crippen LogP contribution in [0.25, 0.3) is 0 Å². The molecule has 0 saturated carbocycles. The Morgan fingerprint density at radius 3 is 2.28 bits per heavy atom. The first-order valence-electron chi connectivity index (χ1n) is 9.73. The summed E-state index contributed by atoms with van der Waals surface area (Å²) >= 11 is 0. The maximum atomic E-state index is 11.5. The lowest BCUT2D eigenvalue weighted by atomic mass is 9.85. The van der Waals surface area contributed by atoms with Crippen LogP contribution in [-0.4, -0.2) is 46.9 Å². The Morgan fingerprint density at radius 2 is 1.69 bits per heavy atom. The Morgan fingerprint density at radius 1 is 1.03 bits per heavy atom. The molecule has 0 aromatic heterocycles. The van der Waals surface area contributed by atoms with Crippen molar-refractivity contribution < 1.29 is 13.2 Å². The van der Waals surface area contributed by atoms with Crippen LogP contribution in [0.5, 0.6) is 5.75 Å². The lowest BCUT2D eigenvalue weighted by Crippen LogP contribution is -2.40. The van der Waals surface area contributed by atoms with Gasteiger partial charge in [0.05, 0.1) is 18.0 Å². The minimum absolute atomic E-state index is 0.0680. The van der Waals surface area contributed by atoms with Gasteiger partial charge in [0.2, 0.25) is 0 Å². The molecule has 2 aromatic rings. The first-order chi connectivity index (χ1) is 13.7. The minimum Gasteiger partial charge on any atom is -0.492 e. The Kier molecular flexibility index (Phi) is 8.08. The van der Waals surface area contributed by atoms with Gasteiger partial charge in [-0.05, 0) is 36.8 Å². The number of benzene rings is 2. The van der Waals surface area contributed by atoms with Crippen LogP contribution in [0.2, 0.25) is 0 Å². The van der Waals surface area contributed by atoms with Crippen LogP contribution in [-0.2, 0) is 15.3 Å². The lowest BCUT2D eigenvalue weighted by molar-refractivity contribution is 0.321. The molecule has 0 aliphatic heterocycles. The molecule has 0 aliphatic rings. The molecule has 2 N–H and O–H groups in total. The Hall–Kier alpha value is -2.54. The Balaban J connectivity index is 1.86. The molecule has 0 heterocycles. The summed E-state index contributed by atoms with van der Waals surface area (Å²) in [6, 6.07) is 16.8. The van der Waals surface area contributed by atoms with Crippen LogP contribution in [0.15, 0.2) is 64.5 Å². The van der Waals surface area contributed by atoms with E-state index in [2.05, 4.69) is 36.6 Å². The Bertz CT molecular complexity index is 893. The number of sulfone groups is 1. The summed E-state index contributed by atoms with van der Waals surface area (Å²) in [5, 5.41) is 6.51. The van der Waals surface area contributed by atoms with E-state index in [4.69, 9.17) is 9.73 Å². The van der Waals surface area contributed by atoms with Crippen molar-refractivity contribution >= 4 is 15.8 Å². The van der Waals surface area contributed by atoms with Gasteiger partial charge in [0.1, 0.15) is 12.4 Å². The Labute approximate surface area is 174 Å². The van der Waals surface area contributed by atoms with E-state index in [0.29, 0.717) is 25.4 Å². The first-order valence-corrected chi connectivity index (χ1v) is 11.6. The maximum Gasteiger partial charge on any atom is 0.191 e. The van der Waals surface area contributed by atoms with E-state index in [0.717, 1.165) is 12.5 Å². The van der Waals surface area contributed by atoms with E-state index in [1.54, 1.807) is 24.3 Å². The second-order valence-electron chi connectivity index (χ2n) is 7.46. The minimum atomic E-state index is -3.19. The number of hydrogen-bond acceptors (Lipinski definition) is 4. The van der Waals surface area contributed by atoms with Crippen molar-refractivity contribution in [2.24, 2.45) is 4.99 Å². The summed E-state index contributed by atoms with van der Waals surface area (Å²) in [7, 11) is -3.19. The summed E-state index contributed by atoms with van der Waals surface area (Å²) in [6.45, 7) is 8.82. The van der Waals surface area contributed by atoms with Crippen molar-refractivity contribution in [3.63, 3.8) is 0 Å². The highest BCUT2D eigenvalue weighted by Crippen LogP contribution is 2.23. The normalized spacial score (nSPS) is 12.5. The molecule has 2 rings (SSSR count). The van der Waals surface area contributed by atoms with Gasteiger partial charge < -0.3 is 15.4 Å². The van der Waals surface area contributed by atoms with E-state index >= 15 is 0 Å². The van der Waals surface area contributed by atoms with Gasteiger partial charge in [-0.1, -0.05) is 44.2 Å². The summed E-state index contributed by atoms with van der Waals surface area (Å²) in [5.74, 6) is 1.37. The van der Waals surface area contributed by atoms with Gasteiger partial charge in [-0.3, -0.25) is 4.99 Å². The third-order valence-electron chi connectivity index (χ3n) is 4.45. The maximum absolute atomic E-state index is 11.5. The van der Waals surface area contributed by atoms with Crippen molar-refractivity contribution in [3.05, 3.63) is 60.2 Å². The van der Waals surface area contributed by atoms with Crippen LogP contribution in [0.4, 0.5) is 0 Å². The van der Waals surface area contributed by atoms with E-state index < -0.39 is 9.84 Å². The molecule has 2 aromatic carbocycles. The first kappa shape index (κ1) is 22.7. The topological polar surface area (TPSA) is 79.8 Å². The third-order valence-corrected chi connectivity index (χ3v) is 5.58. The number of aliphatic imine (C=N–C) groups is 1. The lowest BCUT2D eigenvalue weighted by Gasteiger charge is -2.24. The average Bonchev–Trinajstić information content (AvgIpc) is 2.69. The standard InChI is InChI=1S/C22H31N3O3S/c1-5-23-21(25-17-22(2,3)18-9-7-6-8-10-18)24-15-16-28-19-11-13-20(14-12-19)29(4,26)27/h6-14H,5,15-17H2,1-4H3,(H2,23,24,25). The molecule has 0 aliphatic carbocycles. The van der Waals surface area contributed by atoms with Gasteiger partial charge in [-0.15, -0.1) is 0 Å². The van der Waals surface area contributed by atoms with Gasteiger partial charge >= 0.3 is 0 Å². The molecule has 0 atom stereocenters. The second-order valence-corrected chi connectivity index (χ2v) is 9.48. The molecular formula is C22H31N3O3S. The van der Waals surface area contributed by atoms with Crippen molar-refractivity contribution in [1.82, 2.24) is 10.6 Å². The van der Waals surface area contributed by atoms with Gasteiger partial charge in [0.25, 0.3) is 0 Å². The summed E-state index contributed by atoms with van der Waals surface area (Å²) in [5.41, 5.74) is 1.18. The molecule has 0 radical (unpaired) electrons. The highest BCUT2D eigenvalue weighted by atomic mass is 32.2. The van der Waals surface area contributed by atoms with Crippen LogP contribution in [0.1, 0.15) is 26.3 Å². The number of hydrogen-bond donors (Lipinski definition) is 2. The molecule has 6 nitrogen and oxygen atoms in total. The van der Waals surface area contributed by atoms with Crippen molar-refractivity contribution in [2.45, 2.75) is 31.1 Å². The van der Waals surface area contributed by atoms with Gasteiger partial charge in [-0.2, -0.15) is 0 Å². The fourth-order valence-electron chi connectivity index (χ4n) is 2.72. The quantitative estimate of drug-likeness (QED) is 0.372.